The van der Waals surface area contributed by atoms with Gasteiger partial charge in [0.1, 0.15) is 0 Å². The molecule has 0 aromatic heterocycles. The monoisotopic (exact) mass is 250 g/mol. The predicted octanol–water partition coefficient (Wildman–Crippen LogP) is 2.51. The number of hydrogen-bond donors (Lipinski definition) is 2. The molecular weight excluding hydrogens is 232 g/mol. The van der Waals surface area contributed by atoms with Crippen molar-refractivity contribution in [1.29, 1.82) is 0 Å². The molecule has 0 bridgehead atoms. The number of carboxylic acids is 2. The molecule has 0 atom stereocenters. The van der Waals surface area contributed by atoms with Gasteiger partial charge in [0.15, 0.2) is 0 Å². The van der Waals surface area contributed by atoms with Gasteiger partial charge in [-0.1, -0.05) is 30.7 Å². The highest BCUT2D eigenvalue weighted by atomic mass is 16.4. The molecule has 0 aliphatic heterocycles. The van der Waals surface area contributed by atoms with Crippen LogP contribution >= 0.6 is 0 Å². The van der Waals surface area contributed by atoms with Gasteiger partial charge >= 0.3 is 11.9 Å². The molecule has 0 aliphatic carbocycles. The van der Waals surface area contributed by atoms with Crippen LogP contribution in [0.5, 0.6) is 0 Å². The second-order valence-corrected chi connectivity index (χ2v) is 5.02. The Bertz CT molecular complexity index is 461. The zero-order chi connectivity index (χ0) is 13.9. The minimum Gasteiger partial charge on any atom is -0.481 e. The van der Waals surface area contributed by atoms with E-state index in [1.807, 2.05) is 32.0 Å². The number of carboxylic acid groups (broad SMARTS) is 2. The third-order valence-electron chi connectivity index (χ3n) is 3.11. The summed E-state index contributed by atoms with van der Waals surface area (Å²) >= 11 is 0. The topological polar surface area (TPSA) is 74.6 Å². The van der Waals surface area contributed by atoms with E-state index in [2.05, 4.69) is 0 Å². The van der Waals surface area contributed by atoms with Crippen molar-refractivity contribution in [1.82, 2.24) is 0 Å². The first kappa shape index (κ1) is 14.2. The average molecular weight is 250 g/mol. The number of benzene rings is 1. The Morgan fingerprint density at radius 3 is 2.00 bits per heavy atom. The lowest BCUT2D eigenvalue weighted by molar-refractivity contribution is -0.141. The van der Waals surface area contributed by atoms with Crippen LogP contribution < -0.4 is 0 Å². The summed E-state index contributed by atoms with van der Waals surface area (Å²) in [5.41, 5.74) is 1.91. The molecule has 18 heavy (non-hydrogen) atoms. The maximum absolute atomic E-state index is 11.0. The SMILES string of the molecule is Cc1ccc(C(C)(CC(=O)O)CC(=O)O)c(C)c1. The average Bonchev–Trinajstić information content (AvgIpc) is 2.13. The van der Waals surface area contributed by atoms with E-state index < -0.39 is 17.4 Å². The van der Waals surface area contributed by atoms with E-state index in [1.165, 1.54) is 0 Å². The van der Waals surface area contributed by atoms with Crippen molar-refractivity contribution >= 4 is 11.9 Å². The Kier molecular flexibility index (Phi) is 4.11. The van der Waals surface area contributed by atoms with E-state index in [4.69, 9.17) is 10.2 Å². The fourth-order valence-electron chi connectivity index (χ4n) is 2.41. The maximum atomic E-state index is 11.0. The summed E-state index contributed by atoms with van der Waals surface area (Å²) in [4.78, 5) is 21.9. The summed E-state index contributed by atoms with van der Waals surface area (Å²) in [6, 6.07) is 5.65. The lowest BCUT2D eigenvalue weighted by Crippen LogP contribution is -2.29. The molecule has 0 saturated carbocycles. The molecule has 4 nitrogen and oxygen atoms in total. The molecule has 0 amide bonds. The van der Waals surface area contributed by atoms with Gasteiger partial charge in [-0.05, 0) is 25.0 Å². The van der Waals surface area contributed by atoms with Gasteiger partial charge in [-0.25, -0.2) is 0 Å². The van der Waals surface area contributed by atoms with E-state index in [0.717, 1.165) is 16.7 Å². The van der Waals surface area contributed by atoms with Crippen molar-refractivity contribution in [3.63, 3.8) is 0 Å². The van der Waals surface area contributed by atoms with Gasteiger partial charge in [-0.2, -0.15) is 0 Å². The molecule has 0 saturated heterocycles. The summed E-state index contributed by atoms with van der Waals surface area (Å²) in [7, 11) is 0. The number of aryl methyl sites for hydroxylation is 2. The van der Waals surface area contributed by atoms with Gasteiger partial charge in [0.05, 0.1) is 12.8 Å². The largest absolute Gasteiger partial charge is 0.481 e. The van der Waals surface area contributed by atoms with Crippen LogP contribution in [-0.4, -0.2) is 22.2 Å². The minimum absolute atomic E-state index is 0.191. The summed E-state index contributed by atoms with van der Waals surface area (Å²) in [6.45, 7) is 5.51. The molecule has 2 N–H and O–H groups in total. The highest BCUT2D eigenvalue weighted by molar-refractivity contribution is 5.74. The van der Waals surface area contributed by atoms with Gasteiger partial charge in [0, 0.05) is 5.41 Å². The van der Waals surface area contributed by atoms with E-state index in [0.29, 0.717) is 0 Å². The fourth-order valence-corrected chi connectivity index (χ4v) is 2.41. The molecule has 0 spiro atoms. The Labute approximate surface area is 106 Å². The van der Waals surface area contributed by atoms with Crippen LogP contribution in [0.2, 0.25) is 0 Å². The van der Waals surface area contributed by atoms with Crippen LogP contribution in [0.4, 0.5) is 0 Å². The van der Waals surface area contributed by atoms with Crippen LogP contribution in [0, 0.1) is 13.8 Å². The van der Waals surface area contributed by atoms with Crippen molar-refractivity contribution in [3.8, 4) is 0 Å². The van der Waals surface area contributed by atoms with Crippen LogP contribution in [0.1, 0.15) is 36.5 Å². The van der Waals surface area contributed by atoms with Gasteiger partial charge < -0.3 is 10.2 Å². The molecule has 0 heterocycles. The highest BCUT2D eigenvalue weighted by Gasteiger charge is 2.33. The second kappa shape index (κ2) is 5.21. The summed E-state index contributed by atoms with van der Waals surface area (Å²) in [5.74, 6) is -1.97. The lowest BCUT2D eigenvalue weighted by Gasteiger charge is -2.28. The molecular formula is C14H18O4. The van der Waals surface area contributed by atoms with Crippen molar-refractivity contribution in [2.75, 3.05) is 0 Å². The molecule has 0 unspecified atom stereocenters. The molecule has 0 fully saturated rings. The molecule has 1 aromatic rings. The van der Waals surface area contributed by atoms with E-state index >= 15 is 0 Å². The Morgan fingerprint density at radius 2 is 1.61 bits per heavy atom. The normalized spacial score (nSPS) is 11.3. The van der Waals surface area contributed by atoms with Gasteiger partial charge in [0.2, 0.25) is 0 Å². The maximum Gasteiger partial charge on any atom is 0.304 e. The first-order valence-corrected chi connectivity index (χ1v) is 5.76. The zero-order valence-corrected chi connectivity index (χ0v) is 10.9. The van der Waals surface area contributed by atoms with Crippen molar-refractivity contribution < 1.29 is 19.8 Å². The standard InChI is InChI=1S/C14H18O4/c1-9-4-5-11(10(2)6-9)14(3,7-12(15)16)8-13(17)18/h4-6H,7-8H2,1-3H3,(H,15,16)(H,17,18). The van der Waals surface area contributed by atoms with Crippen molar-refractivity contribution in [2.45, 2.75) is 39.0 Å². The molecule has 98 valence electrons. The Balaban J connectivity index is 3.24. The van der Waals surface area contributed by atoms with Crippen LogP contribution in [0.25, 0.3) is 0 Å². The van der Waals surface area contributed by atoms with Gasteiger partial charge in [-0.15, -0.1) is 0 Å². The Hall–Kier alpha value is -1.84. The summed E-state index contributed by atoms with van der Waals surface area (Å²) < 4.78 is 0. The second-order valence-electron chi connectivity index (χ2n) is 5.02. The quantitative estimate of drug-likeness (QED) is 0.842. The fraction of sp³-hybridized carbons (Fsp3) is 0.429. The molecule has 1 rings (SSSR count). The third-order valence-corrected chi connectivity index (χ3v) is 3.11. The lowest BCUT2D eigenvalue weighted by atomic mass is 9.74. The number of carbonyl (C=O) groups is 2. The molecule has 0 aliphatic rings. The molecule has 1 aromatic carbocycles. The zero-order valence-electron chi connectivity index (χ0n) is 10.9. The van der Waals surface area contributed by atoms with Crippen LogP contribution in [-0.2, 0) is 15.0 Å². The van der Waals surface area contributed by atoms with Crippen LogP contribution in [0.3, 0.4) is 0 Å². The first-order valence-electron chi connectivity index (χ1n) is 5.76. The molecule has 0 radical (unpaired) electrons. The first-order chi connectivity index (χ1) is 8.24. The molecule has 4 heteroatoms. The van der Waals surface area contributed by atoms with Gasteiger partial charge in [-0.3, -0.25) is 9.59 Å². The minimum atomic E-state index is -0.987. The smallest absolute Gasteiger partial charge is 0.304 e. The van der Waals surface area contributed by atoms with Crippen molar-refractivity contribution in [3.05, 3.63) is 34.9 Å². The van der Waals surface area contributed by atoms with Crippen LogP contribution in [0.15, 0.2) is 18.2 Å². The highest BCUT2D eigenvalue weighted by Crippen LogP contribution is 2.34. The number of rotatable bonds is 5. The predicted molar refractivity (Wildman–Crippen MR) is 67.8 cm³/mol. The van der Waals surface area contributed by atoms with E-state index in [1.54, 1.807) is 6.92 Å². The van der Waals surface area contributed by atoms with Gasteiger partial charge in [0.25, 0.3) is 0 Å². The summed E-state index contributed by atoms with van der Waals surface area (Å²) in [6.07, 6.45) is -0.383. The Morgan fingerprint density at radius 1 is 1.11 bits per heavy atom. The number of hydrogen-bond acceptors (Lipinski definition) is 2. The third kappa shape index (κ3) is 3.32. The number of aliphatic carboxylic acids is 2. The van der Waals surface area contributed by atoms with E-state index in [9.17, 15) is 9.59 Å². The van der Waals surface area contributed by atoms with E-state index in [-0.39, 0.29) is 12.8 Å². The summed E-state index contributed by atoms with van der Waals surface area (Å²) in [5, 5.41) is 18.0. The van der Waals surface area contributed by atoms with Crippen molar-refractivity contribution in [2.24, 2.45) is 0 Å².